The molecular formula is C8H12O4. The second-order valence-corrected chi connectivity index (χ2v) is 3.42. The van der Waals surface area contributed by atoms with Crippen molar-refractivity contribution < 1.29 is 19.4 Å². The summed E-state index contributed by atoms with van der Waals surface area (Å²) in [6.07, 6.45) is 0.113. The van der Waals surface area contributed by atoms with Crippen LogP contribution in [0.4, 0.5) is 0 Å². The lowest BCUT2D eigenvalue weighted by Crippen LogP contribution is -2.40. The van der Waals surface area contributed by atoms with Gasteiger partial charge in [0.2, 0.25) is 0 Å². The molecule has 0 aromatic heterocycles. The molecule has 2 fully saturated rings. The third-order valence-electron chi connectivity index (χ3n) is 2.52. The minimum absolute atomic E-state index is 0.0339. The highest BCUT2D eigenvalue weighted by atomic mass is 16.6. The van der Waals surface area contributed by atoms with E-state index in [2.05, 4.69) is 0 Å². The van der Waals surface area contributed by atoms with E-state index in [0.29, 0.717) is 6.42 Å². The summed E-state index contributed by atoms with van der Waals surface area (Å²) in [5, 5.41) is 8.96. The second-order valence-electron chi connectivity index (χ2n) is 3.42. The average Bonchev–Trinajstić information content (AvgIpc) is 2.20. The largest absolute Gasteiger partial charge is 0.460 e. The van der Waals surface area contributed by atoms with Gasteiger partial charge in [-0.3, -0.25) is 0 Å². The summed E-state index contributed by atoms with van der Waals surface area (Å²) >= 11 is 0. The molecular weight excluding hydrogens is 160 g/mol. The van der Waals surface area contributed by atoms with Crippen LogP contribution in [0.1, 0.15) is 13.3 Å². The Kier molecular flexibility index (Phi) is 1.81. The first kappa shape index (κ1) is 8.01. The number of rotatable bonds is 1. The van der Waals surface area contributed by atoms with Crippen LogP contribution in [0.15, 0.2) is 0 Å². The monoisotopic (exact) mass is 172 g/mol. The van der Waals surface area contributed by atoms with Crippen LogP contribution in [0.25, 0.3) is 0 Å². The van der Waals surface area contributed by atoms with Gasteiger partial charge in [0.15, 0.2) is 6.10 Å². The molecule has 0 aliphatic carbocycles. The van der Waals surface area contributed by atoms with Crippen LogP contribution in [-0.4, -0.2) is 36.0 Å². The normalized spacial score (nSPS) is 46.0. The molecule has 2 bridgehead atoms. The molecule has 0 aromatic carbocycles. The van der Waals surface area contributed by atoms with Gasteiger partial charge in [0.25, 0.3) is 0 Å². The van der Waals surface area contributed by atoms with Crippen LogP contribution in [-0.2, 0) is 14.3 Å². The van der Waals surface area contributed by atoms with Crippen molar-refractivity contribution in [2.75, 3.05) is 6.61 Å². The Morgan fingerprint density at radius 2 is 2.42 bits per heavy atom. The fourth-order valence-corrected chi connectivity index (χ4v) is 1.90. The number of carbonyl (C=O) groups is 1. The molecule has 0 amide bonds. The quantitative estimate of drug-likeness (QED) is 0.551. The Hall–Kier alpha value is -0.610. The number of esters is 1. The highest BCUT2D eigenvalue weighted by Crippen LogP contribution is 2.34. The molecule has 1 N–H and O–H groups in total. The van der Waals surface area contributed by atoms with Crippen molar-refractivity contribution in [3.63, 3.8) is 0 Å². The molecule has 4 atom stereocenters. The average molecular weight is 172 g/mol. The maximum absolute atomic E-state index is 11.1. The van der Waals surface area contributed by atoms with E-state index < -0.39 is 6.10 Å². The molecule has 2 aliphatic heterocycles. The van der Waals surface area contributed by atoms with Gasteiger partial charge in [-0.25, -0.2) is 4.79 Å². The van der Waals surface area contributed by atoms with Gasteiger partial charge in [-0.15, -0.1) is 0 Å². The lowest BCUT2D eigenvalue weighted by atomic mass is 9.92. The molecule has 4 nitrogen and oxygen atoms in total. The third kappa shape index (κ3) is 1.03. The Bertz CT molecular complexity index is 203. The summed E-state index contributed by atoms with van der Waals surface area (Å²) in [4.78, 5) is 11.1. The Morgan fingerprint density at radius 1 is 1.67 bits per heavy atom. The zero-order valence-electron chi connectivity index (χ0n) is 6.90. The zero-order chi connectivity index (χ0) is 8.72. The number of aliphatic hydroxyl groups is 1. The standard InChI is InChI=1S/C8H12O4/c1-4-2-6-5(3-9)7(11-4)8(10)12-6/h4-7,9H,2-3H2,1H3/t4-,5+,6-,7+/m1/s1. The molecule has 12 heavy (non-hydrogen) atoms. The van der Waals surface area contributed by atoms with Gasteiger partial charge in [0.1, 0.15) is 6.10 Å². The van der Waals surface area contributed by atoms with Gasteiger partial charge in [0.05, 0.1) is 18.6 Å². The smallest absolute Gasteiger partial charge is 0.336 e. The van der Waals surface area contributed by atoms with E-state index in [9.17, 15) is 4.79 Å². The van der Waals surface area contributed by atoms with Crippen LogP contribution >= 0.6 is 0 Å². The first-order valence-electron chi connectivity index (χ1n) is 4.19. The van der Waals surface area contributed by atoms with Crippen LogP contribution in [0.2, 0.25) is 0 Å². The summed E-state index contributed by atoms with van der Waals surface area (Å²) in [5.41, 5.74) is 0. The summed E-state index contributed by atoms with van der Waals surface area (Å²) in [7, 11) is 0. The van der Waals surface area contributed by atoms with E-state index in [4.69, 9.17) is 14.6 Å². The lowest BCUT2D eigenvalue weighted by Gasteiger charge is -2.28. The molecule has 0 spiro atoms. The van der Waals surface area contributed by atoms with Crippen molar-refractivity contribution in [2.45, 2.75) is 31.7 Å². The summed E-state index contributed by atoms with van der Waals surface area (Å²) in [6.45, 7) is 1.88. The predicted molar refractivity (Wildman–Crippen MR) is 39.4 cm³/mol. The summed E-state index contributed by atoms with van der Waals surface area (Å²) < 4.78 is 10.4. The van der Waals surface area contributed by atoms with Crippen LogP contribution in [0.3, 0.4) is 0 Å². The van der Waals surface area contributed by atoms with E-state index in [1.165, 1.54) is 0 Å². The maximum atomic E-state index is 11.1. The van der Waals surface area contributed by atoms with Crippen molar-refractivity contribution in [1.82, 2.24) is 0 Å². The van der Waals surface area contributed by atoms with Crippen LogP contribution in [0.5, 0.6) is 0 Å². The Balaban J connectivity index is 2.17. The molecule has 0 saturated carbocycles. The number of ether oxygens (including phenoxy) is 2. The molecule has 68 valence electrons. The number of aliphatic hydroxyl groups excluding tert-OH is 1. The number of fused-ring (bicyclic) bond motifs is 2. The van der Waals surface area contributed by atoms with Crippen molar-refractivity contribution >= 4 is 5.97 Å². The van der Waals surface area contributed by atoms with E-state index in [-0.39, 0.29) is 30.7 Å². The van der Waals surface area contributed by atoms with Crippen LogP contribution in [0, 0.1) is 5.92 Å². The van der Waals surface area contributed by atoms with Gasteiger partial charge in [-0.05, 0) is 6.92 Å². The number of hydrogen-bond acceptors (Lipinski definition) is 4. The van der Waals surface area contributed by atoms with Gasteiger partial charge < -0.3 is 14.6 Å². The SMILES string of the molecule is C[C@@H]1C[C@H]2OC(=O)[C@@H](O1)[C@H]2CO. The van der Waals surface area contributed by atoms with E-state index in [1.807, 2.05) is 6.92 Å². The lowest BCUT2D eigenvalue weighted by molar-refractivity contribution is -0.148. The highest BCUT2D eigenvalue weighted by Gasteiger charge is 2.49. The van der Waals surface area contributed by atoms with Gasteiger partial charge in [-0.2, -0.15) is 0 Å². The molecule has 0 aromatic rings. The van der Waals surface area contributed by atoms with E-state index in [1.54, 1.807) is 0 Å². The highest BCUT2D eigenvalue weighted by molar-refractivity contribution is 5.78. The van der Waals surface area contributed by atoms with Crippen molar-refractivity contribution in [1.29, 1.82) is 0 Å². The predicted octanol–water partition coefficient (Wildman–Crippen LogP) is -0.302. The molecule has 4 heteroatoms. The first-order chi connectivity index (χ1) is 5.72. The molecule has 2 aliphatic rings. The van der Waals surface area contributed by atoms with Gasteiger partial charge in [-0.1, -0.05) is 0 Å². The fourth-order valence-electron chi connectivity index (χ4n) is 1.90. The Labute approximate surface area is 70.5 Å². The summed E-state index contributed by atoms with van der Waals surface area (Å²) in [5.74, 6) is -0.461. The first-order valence-corrected chi connectivity index (χ1v) is 4.19. The van der Waals surface area contributed by atoms with Crippen LogP contribution < -0.4 is 0 Å². The molecule has 2 heterocycles. The molecule has 0 unspecified atom stereocenters. The number of hydrogen-bond donors (Lipinski definition) is 1. The van der Waals surface area contributed by atoms with E-state index in [0.717, 1.165) is 0 Å². The van der Waals surface area contributed by atoms with Crippen molar-refractivity contribution in [2.24, 2.45) is 5.92 Å². The molecule has 0 radical (unpaired) electrons. The topological polar surface area (TPSA) is 55.8 Å². The molecule has 2 saturated heterocycles. The fraction of sp³-hybridized carbons (Fsp3) is 0.875. The van der Waals surface area contributed by atoms with Crippen molar-refractivity contribution in [3.8, 4) is 0 Å². The van der Waals surface area contributed by atoms with Gasteiger partial charge >= 0.3 is 5.97 Å². The van der Waals surface area contributed by atoms with Gasteiger partial charge in [0, 0.05) is 6.42 Å². The minimum Gasteiger partial charge on any atom is -0.460 e. The van der Waals surface area contributed by atoms with Crippen molar-refractivity contribution in [3.05, 3.63) is 0 Å². The van der Waals surface area contributed by atoms with E-state index >= 15 is 0 Å². The Morgan fingerprint density at radius 3 is 3.00 bits per heavy atom. The molecule has 2 rings (SSSR count). The third-order valence-corrected chi connectivity index (χ3v) is 2.52. The zero-order valence-corrected chi connectivity index (χ0v) is 6.90. The number of carbonyl (C=O) groups excluding carboxylic acids is 1. The minimum atomic E-state index is -0.524. The second kappa shape index (κ2) is 2.71. The maximum Gasteiger partial charge on any atom is 0.336 e. The summed E-state index contributed by atoms with van der Waals surface area (Å²) in [6, 6.07) is 0.